The number of nitrogens with zero attached hydrogens (tertiary/aromatic N) is 1. The highest BCUT2D eigenvalue weighted by Gasteiger charge is 2.30. The predicted molar refractivity (Wildman–Crippen MR) is 90.0 cm³/mol. The van der Waals surface area contributed by atoms with Crippen LogP contribution in [0.1, 0.15) is 17.5 Å². The first kappa shape index (κ1) is 15.6. The minimum Gasteiger partial charge on any atom is -0.336 e. The molecule has 1 aliphatic rings. The van der Waals surface area contributed by atoms with E-state index in [1.54, 1.807) is 16.2 Å². The molecular weight excluding hydrogens is 310 g/mol. The third-order valence-corrected chi connectivity index (χ3v) is 4.53. The summed E-state index contributed by atoms with van der Waals surface area (Å²) in [5, 5.41) is 9.68. The van der Waals surface area contributed by atoms with Crippen LogP contribution in [0.4, 0.5) is 4.79 Å². The van der Waals surface area contributed by atoms with Gasteiger partial charge in [-0.15, -0.1) is 0 Å². The Morgan fingerprint density at radius 2 is 2.04 bits per heavy atom. The molecule has 0 saturated carbocycles. The molecule has 1 unspecified atom stereocenters. The van der Waals surface area contributed by atoms with Crippen LogP contribution in [-0.2, 0) is 17.9 Å². The molecule has 2 N–H and O–H groups in total. The number of urea groups is 1. The van der Waals surface area contributed by atoms with E-state index in [0.29, 0.717) is 26.1 Å². The molecule has 2 aromatic rings. The van der Waals surface area contributed by atoms with E-state index in [4.69, 9.17) is 0 Å². The fourth-order valence-corrected chi connectivity index (χ4v) is 3.31. The van der Waals surface area contributed by atoms with E-state index in [1.165, 1.54) is 0 Å². The minimum atomic E-state index is -0.226. The molecule has 1 fully saturated rings. The maximum absolute atomic E-state index is 12.1. The predicted octanol–water partition coefficient (Wildman–Crippen LogP) is 2.35. The van der Waals surface area contributed by atoms with Crippen LogP contribution in [0.3, 0.4) is 0 Å². The summed E-state index contributed by atoms with van der Waals surface area (Å²) < 4.78 is 0. The first-order chi connectivity index (χ1) is 11.2. The first-order valence-corrected chi connectivity index (χ1v) is 8.52. The molecular formula is C17H19N3O2S. The molecule has 0 aliphatic carbocycles. The number of hydrogen-bond donors (Lipinski definition) is 2. The van der Waals surface area contributed by atoms with Crippen molar-refractivity contribution < 1.29 is 9.59 Å². The molecule has 23 heavy (non-hydrogen) atoms. The summed E-state index contributed by atoms with van der Waals surface area (Å²) in [7, 11) is 0. The SMILES string of the molecule is O=C(NCc1ccsc1)NC1CC(=O)N(Cc2ccccc2)C1. The van der Waals surface area contributed by atoms with Crippen molar-refractivity contribution in [2.45, 2.75) is 25.6 Å². The smallest absolute Gasteiger partial charge is 0.315 e. The lowest BCUT2D eigenvalue weighted by molar-refractivity contribution is -0.128. The molecule has 0 radical (unpaired) electrons. The summed E-state index contributed by atoms with van der Waals surface area (Å²) in [6, 6.07) is 11.5. The second-order valence-electron chi connectivity index (χ2n) is 5.62. The molecule has 1 aromatic carbocycles. The molecule has 3 rings (SSSR count). The fourth-order valence-electron chi connectivity index (χ4n) is 2.64. The topological polar surface area (TPSA) is 61.4 Å². The molecule has 0 bridgehead atoms. The van der Waals surface area contributed by atoms with E-state index in [2.05, 4.69) is 10.6 Å². The Labute approximate surface area is 139 Å². The third kappa shape index (κ3) is 4.32. The summed E-state index contributed by atoms with van der Waals surface area (Å²) >= 11 is 1.60. The van der Waals surface area contributed by atoms with Gasteiger partial charge in [-0.1, -0.05) is 30.3 Å². The summed E-state index contributed by atoms with van der Waals surface area (Å²) in [6.45, 7) is 1.65. The van der Waals surface area contributed by atoms with Gasteiger partial charge in [-0.3, -0.25) is 4.79 Å². The number of rotatable bonds is 5. The Balaban J connectivity index is 1.46. The van der Waals surface area contributed by atoms with Crippen molar-refractivity contribution in [2.75, 3.05) is 6.54 Å². The lowest BCUT2D eigenvalue weighted by atomic mass is 10.2. The number of nitrogens with one attached hydrogen (secondary N) is 2. The van der Waals surface area contributed by atoms with Crippen LogP contribution >= 0.6 is 11.3 Å². The Hall–Kier alpha value is -2.34. The third-order valence-electron chi connectivity index (χ3n) is 3.80. The Kier molecular flexibility index (Phi) is 4.92. The van der Waals surface area contributed by atoms with E-state index in [1.807, 2.05) is 47.2 Å². The van der Waals surface area contributed by atoms with Crippen LogP contribution in [0.15, 0.2) is 47.2 Å². The average molecular weight is 329 g/mol. The highest BCUT2D eigenvalue weighted by molar-refractivity contribution is 7.07. The van der Waals surface area contributed by atoms with Crippen molar-refractivity contribution in [2.24, 2.45) is 0 Å². The standard InChI is InChI=1S/C17H19N3O2S/c21-16-8-15(11-20(16)10-13-4-2-1-3-5-13)19-17(22)18-9-14-6-7-23-12-14/h1-7,12,15H,8-11H2,(H2,18,19,22). The van der Waals surface area contributed by atoms with E-state index < -0.39 is 0 Å². The highest BCUT2D eigenvalue weighted by atomic mass is 32.1. The van der Waals surface area contributed by atoms with Crippen molar-refractivity contribution >= 4 is 23.3 Å². The van der Waals surface area contributed by atoms with Gasteiger partial charge in [0.05, 0.1) is 6.04 Å². The first-order valence-electron chi connectivity index (χ1n) is 7.58. The molecule has 3 amide bonds. The maximum atomic E-state index is 12.1. The number of thiophene rings is 1. The van der Waals surface area contributed by atoms with Gasteiger partial charge in [0, 0.05) is 26.1 Å². The monoisotopic (exact) mass is 329 g/mol. The van der Waals surface area contributed by atoms with E-state index in [0.717, 1.165) is 11.1 Å². The number of carbonyl (C=O) groups excluding carboxylic acids is 2. The zero-order chi connectivity index (χ0) is 16.1. The van der Waals surface area contributed by atoms with Crippen LogP contribution < -0.4 is 10.6 Å². The van der Waals surface area contributed by atoms with Crippen molar-refractivity contribution in [3.63, 3.8) is 0 Å². The van der Waals surface area contributed by atoms with Gasteiger partial charge in [0.15, 0.2) is 0 Å². The summed E-state index contributed by atoms with van der Waals surface area (Å²) in [6.07, 6.45) is 0.360. The van der Waals surface area contributed by atoms with Crippen LogP contribution in [0.5, 0.6) is 0 Å². The zero-order valence-corrected chi connectivity index (χ0v) is 13.5. The molecule has 0 spiro atoms. The second-order valence-corrected chi connectivity index (χ2v) is 6.40. The summed E-state index contributed by atoms with van der Waals surface area (Å²) in [4.78, 5) is 25.8. The van der Waals surface area contributed by atoms with Gasteiger partial charge in [-0.05, 0) is 28.0 Å². The van der Waals surface area contributed by atoms with E-state index in [-0.39, 0.29) is 18.0 Å². The van der Waals surface area contributed by atoms with Gasteiger partial charge in [0.25, 0.3) is 0 Å². The molecule has 1 saturated heterocycles. The van der Waals surface area contributed by atoms with Gasteiger partial charge in [-0.2, -0.15) is 11.3 Å². The number of hydrogen-bond acceptors (Lipinski definition) is 3. The van der Waals surface area contributed by atoms with Crippen LogP contribution in [0.25, 0.3) is 0 Å². The van der Waals surface area contributed by atoms with Crippen molar-refractivity contribution in [3.8, 4) is 0 Å². The molecule has 6 heteroatoms. The summed E-state index contributed by atoms with van der Waals surface area (Å²) in [5.74, 6) is 0.0805. The Morgan fingerprint density at radius 3 is 2.78 bits per heavy atom. The van der Waals surface area contributed by atoms with Gasteiger partial charge in [0.2, 0.25) is 5.91 Å². The largest absolute Gasteiger partial charge is 0.336 e. The summed E-state index contributed by atoms with van der Waals surface area (Å²) in [5.41, 5.74) is 2.18. The quantitative estimate of drug-likeness (QED) is 0.884. The lowest BCUT2D eigenvalue weighted by Gasteiger charge is -2.17. The fraction of sp³-hybridized carbons (Fsp3) is 0.294. The van der Waals surface area contributed by atoms with Crippen molar-refractivity contribution in [1.82, 2.24) is 15.5 Å². The Bertz CT molecular complexity index is 658. The number of benzene rings is 1. The van der Waals surface area contributed by atoms with Crippen molar-refractivity contribution in [3.05, 3.63) is 58.3 Å². The van der Waals surface area contributed by atoms with Crippen LogP contribution in [-0.4, -0.2) is 29.4 Å². The molecule has 2 heterocycles. The van der Waals surface area contributed by atoms with Gasteiger partial charge >= 0.3 is 6.03 Å². The lowest BCUT2D eigenvalue weighted by Crippen LogP contribution is -2.42. The van der Waals surface area contributed by atoms with Gasteiger partial charge < -0.3 is 15.5 Å². The maximum Gasteiger partial charge on any atom is 0.315 e. The van der Waals surface area contributed by atoms with Crippen LogP contribution in [0, 0.1) is 0 Å². The normalized spacial score (nSPS) is 17.3. The number of carbonyl (C=O) groups is 2. The van der Waals surface area contributed by atoms with E-state index in [9.17, 15) is 9.59 Å². The van der Waals surface area contributed by atoms with Crippen LogP contribution in [0.2, 0.25) is 0 Å². The number of amides is 3. The molecule has 1 atom stereocenters. The minimum absolute atomic E-state index is 0.0805. The van der Waals surface area contributed by atoms with Gasteiger partial charge in [-0.25, -0.2) is 4.79 Å². The molecule has 1 aromatic heterocycles. The second kappa shape index (κ2) is 7.28. The highest BCUT2D eigenvalue weighted by Crippen LogP contribution is 2.15. The molecule has 1 aliphatic heterocycles. The molecule has 5 nitrogen and oxygen atoms in total. The van der Waals surface area contributed by atoms with Gasteiger partial charge in [0.1, 0.15) is 0 Å². The van der Waals surface area contributed by atoms with E-state index >= 15 is 0 Å². The number of likely N-dealkylation sites (tertiary alicyclic amines) is 1. The Morgan fingerprint density at radius 1 is 1.22 bits per heavy atom. The molecule has 120 valence electrons. The van der Waals surface area contributed by atoms with Crippen molar-refractivity contribution in [1.29, 1.82) is 0 Å². The average Bonchev–Trinajstić information content (AvgIpc) is 3.17. The zero-order valence-electron chi connectivity index (χ0n) is 12.7.